The van der Waals surface area contributed by atoms with Gasteiger partial charge in [-0.25, -0.2) is 0 Å². The molecular weight excluding hydrogens is 577 g/mol. The molecule has 2 nitrogen and oxygen atoms in total. The van der Waals surface area contributed by atoms with Crippen LogP contribution in [0.15, 0.2) is 0 Å². The minimum atomic E-state index is -1.93. The van der Waals surface area contributed by atoms with Crippen LogP contribution in [0.3, 0.4) is 0 Å². The first-order valence-electron chi connectivity index (χ1n) is 19.9. The van der Waals surface area contributed by atoms with Crippen LogP contribution in [0.5, 0.6) is 0 Å². The van der Waals surface area contributed by atoms with E-state index in [0.717, 1.165) is 23.0 Å². The van der Waals surface area contributed by atoms with Crippen LogP contribution >= 0.6 is 11.8 Å². The van der Waals surface area contributed by atoms with Gasteiger partial charge in [0.1, 0.15) is 0 Å². The van der Waals surface area contributed by atoms with E-state index in [2.05, 4.69) is 67.2 Å². The standard InChI is InChI=1S/C38H82O2SSi2/c1-9-17-23-31-39-42(33-25-19-11-3,34-26-20-12-4)37(29-15-7)41-38(30-16-8)43(35-27-21-13-5,36-28-22-14-6)40-32-24-18-10-2/h37-38H,9-36H2,1-8H3. The number of rotatable bonds is 34. The van der Waals surface area contributed by atoms with Gasteiger partial charge in [0, 0.05) is 23.0 Å². The molecule has 0 radical (unpaired) electrons. The summed E-state index contributed by atoms with van der Waals surface area (Å²) in [6, 6.07) is 5.57. The van der Waals surface area contributed by atoms with Gasteiger partial charge in [-0.15, -0.1) is 0 Å². The van der Waals surface area contributed by atoms with E-state index in [1.807, 2.05) is 0 Å². The Labute approximate surface area is 280 Å². The third-order valence-corrected chi connectivity index (χ3v) is 23.5. The van der Waals surface area contributed by atoms with Crippen molar-refractivity contribution in [2.24, 2.45) is 0 Å². The second-order valence-corrected chi connectivity index (χ2v) is 24.2. The summed E-state index contributed by atoms with van der Waals surface area (Å²) in [6.45, 7) is 21.1. The normalized spacial score (nSPS) is 14.0. The Hall–Kier alpha value is 0.704. The zero-order valence-electron chi connectivity index (χ0n) is 31.2. The average molecular weight is 659 g/mol. The quantitative estimate of drug-likeness (QED) is 0.0506. The molecule has 0 bridgehead atoms. The second-order valence-electron chi connectivity index (χ2n) is 13.8. The summed E-state index contributed by atoms with van der Waals surface area (Å²) < 4.78 is 14.9. The lowest BCUT2D eigenvalue weighted by Crippen LogP contribution is -2.54. The Morgan fingerprint density at radius 3 is 0.907 bits per heavy atom. The van der Waals surface area contributed by atoms with E-state index in [4.69, 9.17) is 8.85 Å². The Balaban J connectivity index is 6.67. The molecule has 260 valence electrons. The first-order chi connectivity index (χ1) is 21.0. The predicted molar refractivity (Wildman–Crippen MR) is 205 cm³/mol. The number of hydrogen-bond donors (Lipinski definition) is 0. The van der Waals surface area contributed by atoms with E-state index in [0.29, 0.717) is 0 Å². The second kappa shape index (κ2) is 30.1. The van der Waals surface area contributed by atoms with Gasteiger partial charge >= 0.3 is 0 Å². The molecule has 0 saturated carbocycles. The molecule has 0 aromatic carbocycles. The Morgan fingerprint density at radius 1 is 0.372 bits per heavy atom. The van der Waals surface area contributed by atoms with Gasteiger partial charge in [0.2, 0.25) is 16.6 Å². The molecule has 43 heavy (non-hydrogen) atoms. The molecule has 2 atom stereocenters. The summed E-state index contributed by atoms with van der Waals surface area (Å²) in [6.07, 6.45) is 29.3. The highest BCUT2D eigenvalue weighted by atomic mass is 32.2. The van der Waals surface area contributed by atoms with Crippen molar-refractivity contribution in [2.75, 3.05) is 13.2 Å². The number of thioether (sulfide) groups is 1. The van der Waals surface area contributed by atoms with Crippen molar-refractivity contribution in [3.8, 4) is 0 Å². The van der Waals surface area contributed by atoms with E-state index in [1.54, 1.807) is 0 Å². The smallest absolute Gasteiger partial charge is 0.205 e. The Bertz CT molecular complexity index is 508. The Kier molecular flexibility index (Phi) is 30.6. The van der Waals surface area contributed by atoms with Crippen LogP contribution in [-0.2, 0) is 8.85 Å². The van der Waals surface area contributed by atoms with Gasteiger partial charge in [0.05, 0.1) is 0 Å². The lowest BCUT2D eigenvalue weighted by Gasteiger charge is -2.45. The minimum absolute atomic E-state index is 0.729. The van der Waals surface area contributed by atoms with E-state index in [9.17, 15) is 0 Å². The summed E-state index contributed by atoms with van der Waals surface area (Å²) in [7, 11) is -3.86. The molecule has 0 fully saturated rings. The average Bonchev–Trinajstić information content (AvgIpc) is 3.00. The van der Waals surface area contributed by atoms with Gasteiger partial charge in [0.15, 0.2) is 0 Å². The first-order valence-corrected chi connectivity index (χ1v) is 25.7. The fraction of sp³-hybridized carbons (Fsp3) is 1.00. The molecule has 0 aliphatic carbocycles. The molecule has 0 amide bonds. The van der Waals surface area contributed by atoms with Crippen molar-refractivity contribution >= 4 is 28.4 Å². The molecule has 0 rings (SSSR count). The highest BCUT2D eigenvalue weighted by Gasteiger charge is 2.48. The van der Waals surface area contributed by atoms with Crippen LogP contribution in [0.2, 0.25) is 24.2 Å². The molecule has 0 aliphatic rings. The van der Waals surface area contributed by atoms with Crippen LogP contribution in [0, 0.1) is 0 Å². The van der Waals surface area contributed by atoms with Gasteiger partial charge in [-0.2, -0.15) is 11.8 Å². The molecule has 0 N–H and O–H groups in total. The van der Waals surface area contributed by atoms with Gasteiger partial charge < -0.3 is 8.85 Å². The minimum Gasteiger partial charge on any atom is -0.416 e. The van der Waals surface area contributed by atoms with Crippen LogP contribution in [0.4, 0.5) is 0 Å². The topological polar surface area (TPSA) is 18.5 Å². The summed E-state index contributed by atoms with van der Waals surface area (Å²) in [5.74, 6) is 0. The number of unbranched alkanes of at least 4 members (excludes halogenated alkanes) is 12. The maximum absolute atomic E-state index is 7.43. The van der Waals surface area contributed by atoms with Crippen molar-refractivity contribution in [1.29, 1.82) is 0 Å². The van der Waals surface area contributed by atoms with Gasteiger partial charge in [0.25, 0.3) is 0 Å². The van der Waals surface area contributed by atoms with Crippen molar-refractivity contribution in [3.05, 3.63) is 0 Å². The summed E-state index contributed by atoms with van der Waals surface area (Å²) in [4.78, 5) is 1.46. The fourth-order valence-electron chi connectivity index (χ4n) is 6.95. The Morgan fingerprint density at radius 2 is 0.651 bits per heavy atom. The van der Waals surface area contributed by atoms with Crippen molar-refractivity contribution < 1.29 is 8.85 Å². The van der Waals surface area contributed by atoms with Crippen molar-refractivity contribution in [3.63, 3.8) is 0 Å². The van der Waals surface area contributed by atoms with E-state index in [-0.39, 0.29) is 0 Å². The van der Waals surface area contributed by atoms with Crippen molar-refractivity contribution in [2.45, 2.75) is 231 Å². The van der Waals surface area contributed by atoms with Crippen LogP contribution in [0.1, 0.15) is 197 Å². The van der Waals surface area contributed by atoms with Gasteiger partial charge in [-0.1, -0.05) is 171 Å². The third-order valence-electron chi connectivity index (χ3n) is 9.69. The first kappa shape index (κ1) is 43.7. The molecule has 0 aromatic heterocycles. The molecule has 0 heterocycles. The highest BCUT2D eigenvalue weighted by molar-refractivity contribution is 8.03. The van der Waals surface area contributed by atoms with Crippen LogP contribution in [0.25, 0.3) is 0 Å². The SMILES string of the molecule is CCCCCO[Si](CCCCC)(CCCCC)C(CCC)SC(CCC)[Si](CCCCC)(CCCCC)OCCCCC. The fourth-order valence-corrected chi connectivity index (χ4v) is 22.2. The lowest BCUT2D eigenvalue weighted by molar-refractivity contribution is 0.280. The van der Waals surface area contributed by atoms with E-state index < -0.39 is 16.6 Å². The maximum atomic E-state index is 7.43. The van der Waals surface area contributed by atoms with Crippen molar-refractivity contribution in [1.82, 2.24) is 0 Å². The van der Waals surface area contributed by atoms with Gasteiger partial charge in [-0.3, -0.25) is 0 Å². The molecule has 2 unspecified atom stereocenters. The van der Waals surface area contributed by atoms with Crippen LogP contribution in [-0.4, -0.2) is 39.6 Å². The molecule has 0 aliphatic heterocycles. The molecule has 5 heteroatoms. The third kappa shape index (κ3) is 19.2. The lowest BCUT2D eigenvalue weighted by atomic mass is 10.3. The number of hydrogen-bond acceptors (Lipinski definition) is 3. The van der Waals surface area contributed by atoms with E-state index >= 15 is 0 Å². The summed E-state index contributed by atoms with van der Waals surface area (Å²) in [5.41, 5.74) is 0. The van der Waals surface area contributed by atoms with E-state index in [1.165, 1.54) is 165 Å². The summed E-state index contributed by atoms with van der Waals surface area (Å²) in [5, 5.41) is 0. The van der Waals surface area contributed by atoms with Crippen LogP contribution < -0.4 is 0 Å². The molecule has 0 spiro atoms. The molecule has 0 aromatic rings. The predicted octanol–water partition coefficient (Wildman–Crippen LogP) is 14.2. The summed E-state index contributed by atoms with van der Waals surface area (Å²) >= 11 is 2.49. The highest BCUT2D eigenvalue weighted by Crippen LogP contribution is 2.45. The largest absolute Gasteiger partial charge is 0.416 e. The van der Waals surface area contributed by atoms with Gasteiger partial charge in [-0.05, 0) is 49.9 Å². The maximum Gasteiger partial charge on any atom is 0.205 e. The zero-order valence-corrected chi connectivity index (χ0v) is 34.0. The molecule has 0 saturated heterocycles. The zero-order chi connectivity index (χ0) is 32.1. The monoisotopic (exact) mass is 659 g/mol. The molecular formula is C38H82O2SSi2.